The van der Waals surface area contributed by atoms with Crippen LogP contribution in [0.15, 0.2) is 24.3 Å². The third-order valence-corrected chi connectivity index (χ3v) is 4.77. The largest absolute Gasteiger partial charge is 0.481 e. The van der Waals surface area contributed by atoms with Crippen molar-refractivity contribution in [2.75, 3.05) is 39.4 Å². The van der Waals surface area contributed by atoms with Crippen molar-refractivity contribution in [1.29, 1.82) is 0 Å². The zero-order chi connectivity index (χ0) is 16.9. The van der Waals surface area contributed by atoms with Crippen LogP contribution in [0.4, 0.5) is 0 Å². The number of aliphatic carboxylic acids is 1. The second-order valence-corrected chi connectivity index (χ2v) is 6.51. The maximum Gasteiger partial charge on any atom is 0.308 e. The number of benzene rings is 1. The molecule has 0 aromatic heterocycles. The molecule has 24 heavy (non-hydrogen) atoms. The van der Waals surface area contributed by atoms with Crippen molar-refractivity contribution in [1.82, 2.24) is 9.80 Å². The Kier molecular flexibility index (Phi) is 5.48. The highest BCUT2D eigenvalue weighted by Gasteiger charge is 2.28. The lowest BCUT2D eigenvalue weighted by Crippen LogP contribution is -2.42. The van der Waals surface area contributed by atoms with E-state index in [9.17, 15) is 9.59 Å². The number of likely N-dealkylation sites (tertiary alicyclic amines) is 1. The molecule has 2 saturated heterocycles. The number of amides is 1. The first-order valence-corrected chi connectivity index (χ1v) is 8.54. The molecule has 6 heteroatoms. The molecule has 1 atom stereocenters. The minimum Gasteiger partial charge on any atom is -0.481 e. The van der Waals surface area contributed by atoms with Gasteiger partial charge < -0.3 is 14.7 Å². The van der Waals surface area contributed by atoms with Gasteiger partial charge in [0.2, 0.25) is 0 Å². The van der Waals surface area contributed by atoms with Crippen LogP contribution in [0.25, 0.3) is 0 Å². The second-order valence-electron chi connectivity index (χ2n) is 6.51. The van der Waals surface area contributed by atoms with Crippen LogP contribution in [-0.4, -0.2) is 66.2 Å². The molecule has 2 aliphatic rings. The molecule has 0 radical (unpaired) electrons. The molecular formula is C18H24N2O4. The number of hydrogen-bond donors (Lipinski definition) is 1. The molecule has 1 N–H and O–H groups in total. The van der Waals surface area contributed by atoms with E-state index in [4.69, 9.17) is 9.84 Å². The summed E-state index contributed by atoms with van der Waals surface area (Å²) in [4.78, 5) is 27.7. The van der Waals surface area contributed by atoms with E-state index in [0.717, 1.165) is 39.3 Å². The molecule has 1 unspecified atom stereocenters. The van der Waals surface area contributed by atoms with E-state index in [-0.39, 0.29) is 5.91 Å². The van der Waals surface area contributed by atoms with Crippen molar-refractivity contribution in [3.05, 3.63) is 35.4 Å². The smallest absolute Gasteiger partial charge is 0.308 e. The van der Waals surface area contributed by atoms with Crippen LogP contribution in [0.2, 0.25) is 0 Å². The molecule has 1 amide bonds. The minimum absolute atomic E-state index is 0.0705. The van der Waals surface area contributed by atoms with Crippen molar-refractivity contribution in [3.63, 3.8) is 0 Å². The Morgan fingerprint density at radius 1 is 1.12 bits per heavy atom. The number of morpholine rings is 1. The van der Waals surface area contributed by atoms with Gasteiger partial charge in [-0.05, 0) is 30.5 Å². The fourth-order valence-electron chi connectivity index (χ4n) is 3.32. The van der Waals surface area contributed by atoms with E-state index < -0.39 is 11.9 Å². The summed E-state index contributed by atoms with van der Waals surface area (Å²) in [6.07, 6.45) is 1.40. The van der Waals surface area contributed by atoms with Gasteiger partial charge in [-0.2, -0.15) is 0 Å². The lowest BCUT2D eigenvalue weighted by Gasteiger charge is -2.31. The number of nitrogens with zero attached hydrogens (tertiary/aromatic N) is 2. The van der Waals surface area contributed by atoms with Gasteiger partial charge in [0, 0.05) is 38.3 Å². The predicted molar refractivity (Wildman–Crippen MR) is 88.8 cm³/mol. The first-order chi connectivity index (χ1) is 11.6. The van der Waals surface area contributed by atoms with Crippen molar-refractivity contribution in [2.24, 2.45) is 5.92 Å². The van der Waals surface area contributed by atoms with Crippen LogP contribution in [0.1, 0.15) is 28.8 Å². The van der Waals surface area contributed by atoms with Crippen LogP contribution < -0.4 is 0 Å². The molecule has 130 valence electrons. The third-order valence-electron chi connectivity index (χ3n) is 4.77. The van der Waals surface area contributed by atoms with Crippen LogP contribution in [0.5, 0.6) is 0 Å². The SMILES string of the molecule is O=C(O)C1CCCN(C(=O)c2ccc(CN3CCOCC3)cc2)C1. The Balaban J connectivity index is 1.60. The first kappa shape index (κ1) is 16.9. The molecule has 1 aromatic carbocycles. The van der Waals surface area contributed by atoms with E-state index in [1.165, 1.54) is 5.56 Å². The summed E-state index contributed by atoms with van der Waals surface area (Å²) >= 11 is 0. The summed E-state index contributed by atoms with van der Waals surface area (Å²) in [5.74, 6) is -1.32. The normalized spacial score (nSPS) is 22.3. The first-order valence-electron chi connectivity index (χ1n) is 8.54. The van der Waals surface area contributed by atoms with Gasteiger partial charge in [0.25, 0.3) is 5.91 Å². The maximum atomic E-state index is 12.6. The molecule has 0 saturated carbocycles. The van der Waals surface area contributed by atoms with Gasteiger partial charge in [-0.3, -0.25) is 14.5 Å². The highest BCUT2D eigenvalue weighted by molar-refractivity contribution is 5.94. The van der Waals surface area contributed by atoms with E-state index in [1.54, 1.807) is 4.90 Å². The number of carboxylic acids is 1. The monoisotopic (exact) mass is 332 g/mol. The molecule has 0 aliphatic carbocycles. The van der Waals surface area contributed by atoms with Crippen LogP contribution >= 0.6 is 0 Å². The molecule has 2 heterocycles. The van der Waals surface area contributed by atoms with Crippen molar-refractivity contribution >= 4 is 11.9 Å². The zero-order valence-electron chi connectivity index (χ0n) is 13.8. The lowest BCUT2D eigenvalue weighted by molar-refractivity contribution is -0.143. The van der Waals surface area contributed by atoms with Crippen LogP contribution in [0, 0.1) is 5.92 Å². The summed E-state index contributed by atoms with van der Waals surface area (Å²) in [5.41, 5.74) is 1.81. The third kappa shape index (κ3) is 4.13. The molecule has 0 spiro atoms. The summed E-state index contributed by atoms with van der Waals surface area (Å²) in [5, 5.41) is 9.15. The van der Waals surface area contributed by atoms with Gasteiger partial charge in [0.05, 0.1) is 19.1 Å². The Bertz CT molecular complexity index is 581. The average molecular weight is 332 g/mol. The van der Waals surface area contributed by atoms with Crippen molar-refractivity contribution < 1.29 is 19.4 Å². The number of piperidine rings is 1. The Labute approximate surface area is 142 Å². The number of hydrogen-bond acceptors (Lipinski definition) is 4. The molecule has 0 bridgehead atoms. The minimum atomic E-state index is -0.812. The van der Waals surface area contributed by atoms with Crippen LogP contribution in [-0.2, 0) is 16.1 Å². The molecular weight excluding hydrogens is 308 g/mol. The van der Waals surface area contributed by atoms with E-state index in [2.05, 4.69) is 4.90 Å². The molecule has 6 nitrogen and oxygen atoms in total. The molecule has 3 rings (SSSR count). The zero-order valence-corrected chi connectivity index (χ0v) is 13.8. The van der Waals surface area contributed by atoms with Gasteiger partial charge >= 0.3 is 5.97 Å². The summed E-state index contributed by atoms with van der Waals surface area (Å²) in [6.45, 7) is 5.23. The predicted octanol–water partition coefficient (Wildman–Crippen LogP) is 1.46. The molecule has 1 aromatic rings. The van der Waals surface area contributed by atoms with Gasteiger partial charge in [-0.25, -0.2) is 0 Å². The van der Waals surface area contributed by atoms with E-state index in [0.29, 0.717) is 25.1 Å². The molecule has 2 fully saturated rings. The molecule has 2 aliphatic heterocycles. The lowest BCUT2D eigenvalue weighted by atomic mass is 9.97. The van der Waals surface area contributed by atoms with Crippen LogP contribution in [0.3, 0.4) is 0 Å². The topological polar surface area (TPSA) is 70.1 Å². The maximum absolute atomic E-state index is 12.6. The number of rotatable bonds is 4. The second kappa shape index (κ2) is 7.77. The van der Waals surface area contributed by atoms with Crippen molar-refractivity contribution in [3.8, 4) is 0 Å². The average Bonchev–Trinajstić information content (AvgIpc) is 2.63. The Morgan fingerprint density at radius 2 is 1.83 bits per heavy atom. The Hall–Kier alpha value is -1.92. The van der Waals surface area contributed by atoms with E-state index in [1.807, 2.05) is 24.3 Å². The van der Waals surface area contributed by atoms with Gasteiger partial charge in [0.15, 0.2) is 0 Å². The standard InChI is InChI=1S/C18H24N2O4/c21-17(20-7-1-2-16(13-20)18(22)23)15-5-3-14(4-6-15)12-19-8-10-24-11-9-19/h3-6,16H,1-2,7-13H2,(H,22,23). The van der Waals surface area contributed by atoms with Gasteiger partial charge in [-0.15, -0.1) is 0 Å². The summed E-state index contributed by atoms with van der Waals surface area (Å²) in [7, 11) is 0. The fraction of sp³-hybridized carbons (Fsp3) is 0.556. The highest BCUT2D eigenvalue weighted by Crippen LogP contribution is 2.19. The summed E-state index contributed by atoms with van der Waals surface area (Å²) in [6, 6.07) is 7.67. The Morgan fingerprint density at radius 3 is 2.50 bits per heavy atom. The number of carbonyl (C=O) groups is 2. The van der Waals surface area contributed by atoms with Gasteiger partial charge in [-0.1, -0.05) is 12.1 Å². The highest BCUT2D eigenvalue weighted by atomic mass is 16.5. The fourth-order valence-corrected chi connectivity index (χ4v) is 3.32. The van der Waals surface area contributed by atoms with Gasteiger partial charge in [0.1, 0.15) is 0 Å². The van der Waals surface area contributed by atoms with Crippen molar-refractivity contribution in [2.45, 2.75) is 19.4 Å². The number of carboxylic acid groups (broad SMARTS) is 1. The van der Waals surface area contributed by atoms with E-state index >= 15 is 0 Å². The number of ether oxygens (including phenoxy) is 1. The quantitative estimate of drug-likeness (QED) is 0.904. The summed E-state index contributed by atoms with van der Waals surface area (Å²) < 4.78 is 5.35. The number of carbonyl (C=O) groups excluding carboxylic acids is 1.